The van der Waals surface area contributed by atoms with Gasteiger partial charge in [-0.25, -0.2) is 13.8 Å². The van der Waals surface area contributed by atoms with Crippen LogP contribution in [0.25, 0.3) is 11.0 Å². The Morgan fingerprint density at radius 2 is 1.94 bits per heavy atom. The van der Waals surface area contributed by atoms with E-state index in [-0.39, 0.29) is 11.6 Å². The number of aliphatic hydroxyl groups is 1. The van der Waals surface area contributed by atoms with Crippen molar-refractivity contribution < 1.29 is 27.1 Å². The Labute approximate surface area is 171 Å². The van der Waals surface area contributed by atoms with Crippen molar-refractivity contribution in [3.63, 3.8) is 0 Å². The van der Waals surface area contributed by atoms with Crippen molar-refractivity contribution in [3.05, 3.63) is 57.3 Å². The lowest BCUT2D eigenvalue weighted by molar-refractivity contribution is -0.250. The molecule has 0 spiro atoms. The second-order valence-electron chi connectivity index (χ2n) is 7.28. The molecule has 1 N–H and O–H groups in total. The predicted octanol–water partition coefficient (Wildman–Crippen LogP) is 3.07. The summed E-state index contributed by atoms with van der Waals surface area (Å²) in [5, 5.41) is 23.9. The summed E-state index contributed by atoms with van der Waals surface area (Å²) in [4.78, 5) is 16.6. The zero-order valence-electron chi connectivity index (χ0n) is 15.9. The van der Waals surface area contributed by atoms with E-state index in [1.165, 1.54) is 10.6 Å². The summed E-state index contributed by atoms with van der Waals surface area (Å²) in [5.41, 5.74) is -8.47. The molecule has 0 aliphatic heterocycles. The van der Waals surface area contributed by atoms with Crippen LogP contribution in [0.2, 0.25) is 0 Å². The molecule has 1 atom stereocenters. The van der Waals surface area contributed by atoms with Gasteiger partial charge in [0.15, 0.2) is 5.52 Å². The van der Waals surface area contributed by atoms with Crippen molar-refractivity contribution in [3.8, 4) is 6.07 Å². The zero-order valence-corrected chi connectivity index (χ0v) is 15.9. The predicted molar refractivity (Wildman–Crippen MR) is 96.2 cm³/mol. The molecule has 12 heteroatoms. The number of alkyl halides is 5. The highest BCUT2D eigenvalue weighted by Crippen LogP contribution is 2.46. The summed E-state index contributed by atoms with van der Waals surface area (Å²) in [5.74, 6) is 0. The van der Waals surface area contributed by atoms with E-state index in [4.69, 9.17) is 5.26 Å². The van der Waals surface area contributed by atoms with Crippen LogP contribution >= 0.6 is 0 Å². The van der Waals surface area contributed by atoms with Gasteiger partial charge in [-0.15, -0.1) is 0 Å². The lowest BCUT2D eigenvalue weighted by atomic mass is 9.86. The second kappa shape index (κ2) is 6.84. The third-order valence-electron chi connectivity index (χ3n) is 5.29. The molecule has 1 aromatic carbocycles. The zero-order chi connectivity index (χ0) is 22.7. The van der Waals surface area contributed by atoms with Crippen LogP contribution in [0.1, 0.15) is 47.7 Å². The first kappa shape index (κ1) is 20.9. The van der Waals surface area contributed by atoms with Crippen molar-refractivity contribution in [1.29, 1.82) is 5.26 Å². The summed E-state index contributed by atoms with van der Waals surface area (Å²) in [6.07, 6.45) is -5.90. The van der Waals surface area contributed by atoms with Crippen molar-refractivity contribution in [2.75, 3.05) is 0 Å². The minimum atomic E-state index is -5.36. The number of halogens is 5. The van der Waals surface area contributed by atoms with E-state index in [1.54, 1.807) is 0 Å². The van der Waals surface area contributed by atoms with E-state index in [1.807, 2.05) is 0 Å². The van der Waals surface area contributed by atoms with Gasteiger partial charge in [0.1, 0.15) is 11.2 Å². The van der Waals surface area contributed by atoms with Crippen LogP contribution in [0.5, 0.6) is 0 Å². The van der Waals surface area contributed by atoms with Gasteiger partial charge in [-0.05, 0) is 18.9 Å². The highest BCUT2D eigenvalue weighted by molar-refractivity contribution is 5.78. The van der Waals surface area contributed by atoms with Crippen molar-refractivity contribution in [1.82, 2.24) is 19.3 Å². The number of aryl methyl sites for hydroxylation is 1. The highest BCUT2D eigenvalue weighted by atomic mass is 19.4. The molecule has 0 amide bonds. The second-order valence-corrected chi connectivity index (χ2v) is 7.28. The van der Waals surface area contributed by atoms with Gasteiger partial charge in [-0.1, -0.05) is 12.1 Å². The summed E-state index contributed by atoms with van der Waals surface area (Å²) >= 11 is 0. The number of nitrogens with zero attached hydrogens (tertiary/aromatic N) is 5. The van der Waals surface area contributed by atoms with E-state index in [2.05, 4.69) is 10.1 Å². The van der Waals surface area contributed by atoms with E-state index in [9.17, 15) is 31.9 Å². The molecular weight excluding hydrogens is 425 g/mol. The first-order valence-electron chi connectivity index (χ1n) is 9.06. The van der Waals surface area contributed by atoms with Gasteiger partial charge in [0.2, 0.25) is 5.60 Å². The normalized spacial score (nSPS) is 16.5. The molecule has 4 rings (SSSR count). The molecule has 3 aromatic rings. The molecule has 0 unspecified atom stereocenters. The molecule has 0 bridgehead atoms. The minimum absolute atomic E-state index is 0.101. The van der Waals surface area contributed by atoms with E-state index >= 15 is 0 Å². The molecular formula is C19H14F5N5O2. The maximum absolute atomic E-state index is 14.2. The molecule has 1 aliphatic carbocycles. The lowest BCUT2D eigenvalue weighted by Crippen LogP contribution is -2.45. The van der Waals surface area contributed by atoms with Gasteiger partial charge >= 0.3 is 6.18 Å². The van der Waals surface area contributed by atoms with Crippen molar-refractivity contribution >= 4 is 11.0 Å². The number of benzene rings is 1. The standard InChI is InChI=1S/C19H14F5N5O2/c1-28-15(13-14(27-28)17(30)29(8-26-13)11-3-4-11)18(31,19(22,23)24)10-2-5-12(16(20)21)9(6-10)7-25/h2,5-6,8,11,16,31H,3-4H2,1H3/t18-/m1/s1. The summed E-state index contributed by atoms with van der Waals surface area (Å²) < 4.78 is 70.8. The number of nitriles is 1. The quantitative estimate of drug-likeness (QED) is 0.631. The van der Waals surface area contributed by atoms with Crippen LogP contribution in [0.15, 0.2) is 29.3 Å². The smallest absolute Gasteiger partial charge is 0.371 e. The Kier molecular flexibility index (Phi) is 4.62. The van der Waals surface area contributed by atoms with Crippen LogP contribution < -0.4 is 5.56 Å². The number of hydrogen-bond acceptors (Lipinski definition) is 5. The van der Waals surface area contributed by atoms with Crippen molar-refractivity contribution in [2.24, 2.45) is 7.05 Å². The average Bonchev–Trinajstić information content (AvgIpc) is 3.48. The molecule has 0 radical (unpaired) electrons. The molecule has 162 valence electrons. The SMILES string of the molecule is Cn1nc2c(=O)n(C3CC3)cnc2c1[C@](O)(c1ccc(C(F)F)c(C#N)c1)C(F)(F)F. The molecule has 1 fully saturated rings. The van der Waals surface area contributed by atoms with Crippen LogP contribution in [0, 0.1) is 11.3 Å². The molecule has 7 nitrogen and oxygen atoms in total. The Hall–Kier alpha value is -3.33. The van der Waals surface area contributed by atoms with Crippen molar-refractivity contribution in [2.45, 2.75) is 37.1 Å². The minimum Gasteiger partial charge on any atom is -0.371 e. The largest absolute Gasteiger partial charge is 0.427 e. The highest BCUT2D eigenvalue weighted by Gasteiger charge is 2.59. The number of rotatable bonds is 4. The van der Waals surface area contributed by atoms with Gasteiger partial charge in [-0.2, -0.15) is 23.5 Å². The fourth-order valence-corrected chi connectivity index (χ4v) is 3.60. The summed E-state index contributed by atoms with van der Waals surface area (Å²) in [6, 6.07) is 3.20. The van der Waals surface area contributed by atoms with E-state index in [0.717, 1.165) is 26.2 Å². The molecule has 2 heterocycles. The molecule has 1 saturated carbocycles. The molecule has 2 aromatic heterocycles. The fraction of sp³-hybridized carbons (Fsp3) is 0.368. The number of fused-ring (bicyclic) bond motifs is 1. The van der Waals surface area contributed by atoms with Gasteiger partial charge in [0.05, 0.1) is 18.0 Å². The number of hydrogen-bond donors (Lipinski definition) is 1. The Morgan fingerprint density at radius 3 is 2.48 bits per heavy atom. The summed E-state index contributed by atoms with van der Waals surface area (Å²) in [7, 11) is 1.10. The molecule has 31 heavy (non-hydrogen) atoms. The van der Waals surface area contributed by atoms with Crippen LogP contribution in [-0.4, -0.2) is 30.6 Å². The Bertz CT molecular complexity index is 1290. The molecule has 0 saturated heterocycles. The lowest BCUT2D eigenvalue weighted by Gasteiger charge is -2.31. The topological polar surface area (TPSA) is 96.7 Å². The van der Waals surface area contributed by atoms with E-state index < -0.39 is 51.7 Å². The Balaban J connectivity index is 2.01. The first-order valence-corrected chi connectivity index (χ1v) is 9.06. The van der Waals surface area contributed by atoms with E-state index in [0.29, 0.717) is 22.9 Å². The molecule has 1 aliphatic rings. The fourth-order valence-electron chi connectivity index (χ4n) is 3.60. The maximum Gasteiger partial charge on any atom is 0.427 e. The first-order chi connectivity index (χ1) is 14.5. The van der Waals surface area contributed by atoms with Gasteiger partial charge in [-0.3, -0.25) is 14.0 Å². The van der Waals surface area contributed by atoms with Gasteiger partial charge < -0.3 is 5.11 Å². The number of aromatic nitrogens is 4. The van der Waals surface area contributed by atoms with Crippen LogP contribution in [-0.2, 0) is 12.6 Å². The third kappa shape index (κ3) is 3.07. The van der Waals surface area contributed by atoms with Crippen LogP contribution in [0.4, 0.5) is 22.0 Å². The maximum atomic E-state index is 14.2. The van der Waals surface area contributed by atoms with Gasteiger partial charge in [0, 0.05) is 24.2 Å². The Morgan fingerprint density at radius 1 is 1.26 bits per heavy atom. The average molecular weight is 439 g/mol. The third-order valence-corrected chi connectivity index (χ3v) is 5.29. The monoisotopic (exact) mass is 439 g/mol. The van der Waals surface area contributed by atoms with Gasteiger partial charge in [0.25, 0.3) is 12.0 Å². The summed E-state index contributed by atoms with van der Waals surface area (Å²) in [6.45, 7) is 0. The van der Waals surface area contributed by atoms with Crippen LogP contribution in [0.3, 0.4) is 0 Å².